The van der Waals surface area contributed by atoms with Crippen LogP contribution in [0.2, 0.25) is 0 Å². The van der Waals surface area contributed by atoms with Crippen molar-refractivity contribution >= 4 is 27.5 Å². The maximum Gasteiger partial charge on any atom is 0.228 e. The Balaban J connectivity index is 2.15. The van der Waals surface area contributed by atoms with Crippen molar-refractivity contribution in [1.29, 1.82) is 0 Å². The van der Waals surface area contributed by atoms with E-state index in [1.807, 2.05) is 12.1 Å². The van der Waals surface area contributed by atoms with Crippen LogP contribution in [-0.2, 0) is 11.2 Å². The fraction of sp³-hybridized carbons (Fsp3) is 0.588. The molecule has 1 aromatic carbocycles. The van der Waals surface area contributed by atoms with E-state index in [1.165, 1.54) is 18.4 Å². The van der Waals surface area contributed by atoms with Gasteiger partial charge < -0.3 is 5.32 Å². The second kappa shape index (κ2) is 6.30. The number of benzene rings is 1. The third-order valence-electron chi connectivity index (χ3n) is 4.53. The van der Waals surface area contributed by atoms with E-state index >= 15 is 0 Å². The van der Waals surface area contributed by atoms with Gasteiger partial charge in [0.2, 0.25) is 5.91 Å². The summed E-state index contributed by atoms with van der Waals surface area (Å²) in [6.07, 6.45) is 5.49. The van der Waals surface area contributed by atoms with Gasteiger partial charge in [-0.05, 0) is 48.4 Å². The van der Waals surface area contributed by atoms with E-state index in [9.17, 15) is 4.79 Å². The zero-order chi connectivity index (χ0) is 14.8. The Morgan fingerprint density at radius 3 is 2.80 bits per heavy atom. The summed E-state index contributed by atoms with van der Waals surface area (Å²) in [5.74, 6) is 0.316. The number of hydrogen-bond donors (Lipinski definition) is 1. The monoisotopic (exact) mass is 337 g/mol. The maximum absolute atomic E-state index is 12.6. The van der Waals surface area contributed by atoms with E-state index in [1.54, 1.807) is 0 Å². The molecule has 1 amide bonds. The molecule has 1 aliphatic carbocycles. The number of rotatable bonds is 3. The fourth-order valence-corrected chi connectivity index (χ4v) is 3.59. The minimum absolute atomic E-state index is 0.115. The van der Waals surface area contributed by atoms with Crippen LogP contribution >= 0.6 is 15.9 Å². The largest absolute Gasteiger partial charge is 0.326 e. The number of hydrogen-bond acceptors (Lipinski definition) is 1. The van der Waals surface area contributed by atoms with Gasteiger partial charge in [0.1, 0.15) is 0 Å². The van der Waals surface area contributed by atoms with Crippen LogP contribution in [0.3, 0.4) is 0 Å². The molecule has 0 bridgehead atoms. The molecule has 2 nitrogen and oxygen atoms in total. The topological polar surface area (TPSA) is 29.1 Å². The lowest BCUT2D eigenvalue weighted by Crippen LogP contribution is -2.37. The molecule has 1 aromatic rings. The van der Waals surface area contributed by atoms with E-state index < -0.39 is 0 Å². The highest BCUT2D eigenvalue weighted by Gasteiger charge is 2.37. The van der Waals surface area contributed by atoms with E-state index in [-0.39, 0.29) is 17.2 Å². The summed E-state index contributed by atoms with van der Waals surface area (Å²) in [5.41, 5.74) is 2.26. The predicted octanol–water partition coefficient (Wildman–Crippen LogP) is 5.17. The lowest BCUT2D eigenvalue weighted by Gasteiger charge is -2.37. The minimum Gasteiger partial charge on any atom is -0.326 e. The van der Waals surface area contributed by atoms with E-state index in [4.69, 9.17) is 0 Å². The molecule has 1 atom stereocenters. The molecule has 110 valence electrons. The lowest BCUT2D eigenvalue weighted by molar-refractivity contribution is -0.124. The zero-order valence-corrected chi connectivity index (χ0v) is 14.2. The Morgan fingerprint density at radius 1 is 1.40 bits per heavy atom. The summed E-state index contributed by atoms with van der Waals surface area (Å²) >= 11 is 3.49. The van der Waals surface area contributed by atoms with Crippen LogP contribution in [0.4, 0.5) is 5.69 Å². The van der Waals surface area contributed by atoms with E-state index in [0.29, 0.717) is 0 Å². The van der Waals surface area contributed by atoms with Crippen molar-refractivity contribution < 1.29 is 4.79 Å². The summed E-state index contributed by atoms with van der Waals surface area (Å²) in [6.45, 7) is 6.55. The molecule has 1 unspecified atom stereocenters. The number of nitrogens with one attached hydrogen (secondary N) is 1. The van der Waals surface area contributed by atoms with Crippen molar-refractivity contribution in [2.75, 3.05) is 5.32 Å². The van der Waals surface area contributed by atoms with Gasteiger partial charge in [0, 0.05) is 16.1 Å². The lowest BCUT2D eigenvalue weighted by atomic mass is 9.68. The number of halogens is 1. The second-order valence-corrected chi connectivity index (χ2v) is 7.35. The van der Waals surface area contributed by atoms with Crippen molar-refractivity contribution in [1.82, 2.24) is 0 Å². The zero-order valence-electron chi connectivity index (χ0n) is 12.6. The van der Waals surface area contributed by atoms with Crippen LogP contribution in [0.1, 0.15) is 52.0 Å². The van der Waals surface area contributed by atoms with Gasteiger partial charge in [-0.3, -0.25) is 4.79 Å². The summed E-state index contributed by atoms with van der Waals surface area (Å²) in [4.78, 5) is 12.6. The Labute approximate surface area is 130 Å². The first-order valence-electron chi connectivity index (χ1n) is 7.53. The Bertz CT molecular complexity index is 496. The van der Waals surface area contributed by atoms with Crippen LogP contribution in [0, 0.1) is 11.3 Å². The molecule has 1 saturated carbocycles. The average molecular weight is 338 g/mol. The molecule has 1 N–H and O–H groups in total. The van der Waals surface area contributed by atoms with Gasteiger partial charge in [0.25, 0.3) is 0 Å². The van der Waals surface area contributed by atoms with Gasteiger partial charge in [-0.1, -0.05) is 49.5 Å². The Morgan fingerprint density at radius 2 is 2.15 bits per heavy atom. The van der Waals surface area contributed by atoms with Crippen LogP contribution in [0.15, 0.2) is 22.7 Å². The number of aryl methyl sites for hydroxylation is 1. The van der Waals surface area contributed by atoms with Crippen LogP contribution in [-0.4, -0.2) is 5.91 Å². The first kappa shape index (κ1) is 15.6. The molecule has 3 heteroatoms. The molecule has 0 aliphatic heterocycles. The third-order valence-corrected chi connectivity index (χ3v) is 5.02. The van der Waals surface area contributed by atoms with Gasteiger partial charge in [0.05, 0.1) is 0 Å². The standard InChI is InChI=1S/C17H24BrNO/c1-4-12-11-13(18)8-9-15(12)19-16(20)14-7-5-6-10-17(14,2)3/h8-9,11,14H,4-7,10H2,1-3H3,(H,19,20). The van der Waals surface area contributed by atoms with Gasteiger partial charge >= 0.3 is 0 Å². The highest BCUT2D eigenvalue weighted by atomic mass is 79.9. The smallest absolute Gasteiger partial charge is 0.228 e. The molecule has 0 spiro atoms. The van der Waals surface area contributed by atoms with Crippen molar-refractivity contribution in [2.24, 2.45) is 11.3 Å². The first-order chi connectivity index (χ1) is 9.44. The molecule has 2 rings (SSSR count). The molecule has 1 aliphatic rings. The molecular formula is C17H24BrNO. The second-order valence-electron chi connectivity index (χ2n) is 6.43. The normalized spacial score (nSPS) is 21.5. The molecule has 1 fully saturated rings. The SMILES string of the molecule is CCc1cc(Br)ccc1NC(=O)C1CCCCC1(C)C. The molecular weight excluding hydrogens is 314 g/mol. The molecule has 0 aromatic heterocycles. The van der Waals surface area contributed by atoms with Crippen molar-refractivity contribution in [2.45, 2.75) is 52.9 Å². The Hall–Kier alpha value is -0.830. The van der Waals surface area contributed by atoms with Crippen LogP contribution in [0.5, 0.6) is 0 Å². The van der Waals surface area contributed by atoms with Gasteiger partial charge in [-0.2, -0.15) is 0 Å². The average Bonchev–Trinajstić information content (AvgIpc) is 2.40. The van der Waals surface area contributed by atoms with Crippen molar-refractivity contribution in [3.05, 3.63) is 28.2 Å². The molecule has 0 radical (unpaired) electrons. The highest BCUT2D eigenvalue weighted by molar-refractivity contribution is 9.10. The minimum atomic E-state index is 0.115. The number of carbonyl (C=O) groups excluding carboxylic acids is 1. The van der Waals surface area contributed by atoms with Crippen LogP contribution in [0.25, 0.3) is 0 Å². The Kier molecular flexibility index (Phi) is 4.90. The molecule has 0 saturated heterocycles. The van der Waals surface area contributed by atoms with E-state index in [2.05, 4.69) is 48.1 Å². The quantitative estimate of drug-likeness (QED) is 0.810. The summed E-state index contributed by atoms with van der Waals surface area (Å²) in [6, 6.07) is 6.07. The van der Waals surface area contributed by atoms with Gasteiger partial charge in [0.15, 0.2) is 0 Å². The maximum atomic E-state index is 12.6. The van der Waals surface area contributed by atoms with Crippen molar-refractivity contribution in [3.63, 3.8) is 0 Å². The molecule has 20 heavy (non-hydrogen) atoms. The molecule has 0 heterocycles. The van der Waals surface area contributed by atoms with Crippen LogP contribution < -0.4 is 5.32 Å². The van der Waals surface area contributed by atoms with E-state index in [0.717, 1.165) is 29.4 Å². The number of amides is 1. The highest BCUT2D eigenvalue weighted by Crippen LogP contribution is 2.41. The first-order valence-corrected chi connectivity index (χ1v) is 8.32. The van der Waals surface area contributed by atoms with Gasteiger partial charge in [-0.25, -0.2) is 0 Å². The number of carbonyl (C=O) groups is 1. The summed E-state index contributed by atoms with van der Waals surface area (Å²) < 4.78 is 1.06. The van der Waals surface area contributed by atoms with Crippen molar-refractivity contribution in [3.8, 4) is 0 Å². The number of anilines is 1. The summed E-state index contributed by atoms with van der Waals surface area (Å²) in [7, 11) is 0. The van der Waals surface area contributed by atoms with Gasteiger partial charge in [-0.15, -0.1) is 0 Å². The predicted molar refractivity (Wildman–Crippen MR) is 87.9 cm³/mol. The summed E-state index contributed by atoms with van der Waals surface area (Å²) in [5, 5.41) is 3.15. The third kappa shape index (κ3) is 3.43. The fourth-order valence-electron chi connectivity index (χ4n) is 3.18.